The van der Waals surface area contributed by atoms with Crippen molar-refractivity contribution < 1.29 is 58.5 Å². The number of aliphatic hydroxyl groups is 3. The molecular weight excluding hydrogens is 841 g/mol. The van der Waals surface area contributed by atoms with Crippen LogP contribution in [0.15, 0.2) is 34.9 Å². The number of carbonyl (C=O) groups excluding carboxylic acids is 9. The van der Waals surface area contributed by atoms with Gasteiger partial charge in [-0.1, -0.05) is 104 Å². The van der Waals surface area contributed by atoms with Crippen LogP contribution in [0, 0.1) is 50.2 Å². The predicted octanol–water partition coefficient (Wildman–Crippen LogP) is 8.62. The Balaban J connectivity index is 0.000000396. The standard InChI is InChI=1S/2C9H16O2.2C9H14O2.2C9H12O2/c6*1-6-4-7(10)5-9(2,3)8(6)11/h6,8,11H,4-5H2,1-3H3;6-7,10H,4-5H2,1-3H3;6H,4-5H2,1-3H3;4,7,10H,5H2,1-3H3;2*4H,5H2,1-3H3. The van der Waals surface area contributed by atoms with Gasteiger partial charge in [-0.2, -0.15) is 0 Å². The Hall–Kier alpha value is -3.87. The SMILES string of the molecule is CC1=CC(=O)CC(C)(C)C1=O.CC1=CC(=O)CC(C)(C)C1=O.CC1=CC(O)CC(C)(C)C1=O.CC1CC(=O)CC(C)(C)C1=O.CC1CC(=O)CC(C)(C)C1O.CC1CC(O)CC(C)(C)C1=O. The summed E-state index contributed by atoms with van der Waals surface area (Å²) in [6.45, 7) is 33.2. The Morgan fingerprint density at radius 2 is 0.879 bits per heavy atom. The first kappa shape index (κ1) is 60.1. The zero-order valence-electron chi connectivity index (χ0n) is 43.6. The van der Waals surface area contributed by atoms with Crippen LogP contribution in [0.3, 0.4) is 0 Å². The van der Waals surface area contributed by atoms with Gasteiger partial charge >= 0.3 is 0 Å². The number of hydrogen-bond donors (Lipinski definition) is 3. The number of aliphatic hydroxyl groups excluding tert-OH is 3. The van der Waals surface area contributed by atoms with Gasteiger partial charge in [0.2, 0.25) is 0 Å². The van der Waals surface area contributed by atoms with Crippen LogP contribution >= 0.6 is 0 Å². The van der Waals surface area contributed by atoms with E-state index < -0.39 is 22.3 Å². The fourth-order valence-electron chi connectivity index (χ4n) is 10.0. The number of hydrogen-bond acceptors (Lipinski definition) is 12. The smallest absolute Gasteiger partial charge is 0.164 e. The second-order valence-electron chi connectivity index (χ2n) is 23.8. The molecule has 6 atom stereocenters. The lowest BCUT2D eigenvalue weighted by molar-refractivity contribution is -0.141. The Kier molecular flexibility index (Phi) is 20.9. The van der Waals surface area contributed by atoms with Gasteiger partial charge < -0.3 is 15.3 Å². The normalized spacial score (nSPS) is 30.3. The third-order valence-corrected chi connectivity index (χ3v) is 13.4. The molecule has 6 aliphatic rings. The van der Waals surface area contributed by atoms with E-state index in [1.807, 2.05) is 104 Å². The molecule has 0 aromatic heterocycles. The van der Waals surface area contributed by atoms with Crippen molar-refractivity contribution in [3.05, 3.63) is 34.9 Å². The minimum Gasteiger partial charge on any atom is -0.393 e. The van der Waals surface area contributed by atoms with Crippen molar-refractivity contribution >= 4 is 52.0 Å². The molecule has 6 aliphatic carbocycles. The number of allylic oxidation sites excluding steroid dienone is 5. The predicted molar refractivity (Wildman–Crippen MR) is 256 cm³/mol. The van der Waals surface area contributed by atoms with Crippen LogP contribution in [0.25, 0.3) is 0 Å². The average Bonchev–Trinajstić information content (AvgIpc) is 3.12. The van der Waals surface area contributed by atoms with Crippen molar-refractivity contribution in [3.8, 4) is 0 Å². The van der Waals surface area contributed by atoms with E-state index >= 15 is 0 Å². The van der Waals surface area contributed by atoms with Crippen LogP contribution in [0.1, 0.15) is 182 Å². The molecule has 0 saturated heterocycles. The summed E-state index contributed by atoms with van der Waals surface area (Å²) in [4.78, 5) is 101. The van der Waals surface area contributed by atoms with E-state index in [4.69, 9.17) is 0 Å². The van der Waals surface area contributed by atoms with E-state index in [1.165, 1.54) is 12.2 Å². The molecule has 0 heterocycles. The van der Waals surface area contributed by atoms with Crippen LogP contribution in [0.4, 0.5) is 0 Å². The topological polar surface area (TPSA) is 214 Å². The summed E-state index contributed by atoms with van der Waals surface area (Å²) in [5.41, 5.74) is -0.392. The highest BCUT2D eigenvalue weighted by atomic mass is 16.3. The zero-order chi connectivity index (χ0) is 51.9. The third kappa shape index (κ3) is 17.3. The molecule has 12 nitrogen and oxygen atoms in total. The van der Waals surface area contributed by atoms with Gasteiger partial charge in [0.1, 0.15) is 23.1 Å². The van der Waals surface area contributed by atoms with E-state index in [2.05, 4.69) is 0 Å². The van der Waals surface area contributed by atoms with E-state index in [-0.39, 0.29) is 92.5 Å². The van der Waals surface area contributed by atoms with Crippen LogP contribution in [0.2, 0.25) is 0 Å². The highest BCUT2D eigenvalue weighted by Crippen LogP contribution is 2.38. The molecule has 3 saturated carbocycles. The molecular formula is C54H84O12. The second kappa shape index (κ2) is 23.0. The molecule has 12 heteroatoms. The van der Waals surface area contributed by atoms with Crippen molar-refractivity contribution in [2.45, 2.75) is 201 Å². The third-order valence-electron chi connectivity index (χ3n) is 13.4. The van der Waals surface area contributed by atoms with Gasteiger partial charge in [-0.3, -0.25) is 43.2 Å². The zero-order valence-corrected chi connectivity index (χ0v) is 43.6. The Morgan fingerprint density at radius 1 is 0.470 bits per heavy atom. The second-order valence-corrected chi connectivity index (χ2v) is 23.8. The van der Waals surface area contributed by atoms with E-state index in [9.17, 15) is 58.5 Å². The molecule has 0 radical (unpaired) electrons. The lowest BCUT2D eigenvalue weighted by Crippen LogP contribution is -2.42. The maximum Gasteiger partial charge on any atom is 0.164 e. The monoisotopic (exact) mass is 925 g/mol. The molecule has 0 aromatic rings. The Labute approximate surface area is 395 Å². The molecule has 0 bridgehead atoms. The summed E-state index contributed by atoms with van der Waals surface area (Å²) < 4.78 is 0. The van der Waals surface area contributed by atoms with Crippen LogP contribution < -0.4 is 0 Å². The van der Waals surface area contributed by atoms with Gasteiger partial charge in [-0.25, -0.2) is 0 Å². The van der Waals surface area contributed by atoms with E-state index in [1.54, 1.807) is 26.8 Å². The van der Waals surface area contributed by atoms with Crippen molar-refractivity contribution in [2.75, 3.05) is 0 Å². The maximum atomic E-state index is 11.5. The van der Waals surface area contributed by atoms with Crippen molar-refractivity contribution in [3.63, 3.8) is 0 Å². The van der Waals surface area contributed by atoms with Gasteiger partial charge in [-0.05, 0) is 86.3 Å². The molecule has 6 rings (SSSR count). The van der Waals surface area contributed by atoms with Gasteiger partial charge in [0.25, 0.3) is 0 Å². The van der Waals surface area contributed by atoms with E-state index in [0.29, 0.717) is 80.3 Å². The highest BCUT2D eigenvalue weighted by molar-refractivity contribution is 6.11. The first-order valence-electron chi connectivity index (χ1n) is 23.5. The van der Waals surface area contributed by atoms with Gasteiger partial charge in [0, 0.05) is 77.4 Å². The number of rotatable bonds is 0. The summed E-state index contributed by atoms with van der Waals surface area (Å²) in [7, 11) is 0. The molecule has 372 valence electrons. The van der Waals surface area contributed by atoms with Crippen LogP contribution in [-0.4, -0.2) is 85.7 Å². The first-order chi connectivity index (χ1) is 29.6. The molecule has 3 fully saturated rings. The fourth-order valence-corrected chi connectivity index (χ4v) is 10.0. The summed E-state index contributed by atoms with van der Waals surface area (Å²) in [6.07, 6.45) is 7.92. The number of Topliss-reactive ketones (excluding diaryl/α,β-unsaturated/α-hetero) is 7. The first-order valence-corrected chi connectivity index (χ1v) is 23.5. The molecule has 3 N–H and O–H groups in total. The minimum absolute atomic E-state index is 0.0359. The van der Waals surface area contributed by atoms with Crippen LogP contribution in [-0.2, 0) is 43.2 Å². The number of carbonyl (C=O) groups is 9. The highest BCUT2D eigenvalue weighted by Gasteiger charge is 2.41. The summed E-state index contributed by atoms with van der Waals surface area (Å²) in [5.74, 6) is 1.61. The lowest BCUT2D eigenvalue weighted by atomic mass is 9.70. The maximum absolute atomic E-state index is 11.5. The molecule has 0 amide bonds. The molecule has 0 aromatic carbocycles. The molecule has 0 spiro atoms. The van der Waals surface area contributed by atoms with Gasteiger partial charge in [0.05, 0.1) is 18.3 Å². The summed E-state index contributed by atoms with van der Waals surface area (Å²) in [6, 6.07) is 0. The average molecular weight is 925 g/mol. The molecule has 0 aliphatic heterocycles. The molecule has 66 heavy (non-hydrogen) atoms. The fraction of sp³-hybridized carbons (Fsp3) is 0.722. The van der Waals surface area contributed by atoms with Crippen molar-refractivity contribution in [2.24, 2.45) is 50.2 Å². The Morgan fingerprint density at radius 3 is 1.26 bits per heavy atom. The van der Waals surface area contributed by atoms with Gasteiger partial charge in [0.15, 0.2) is 28.9 Å². The van der Waals surface area contributed by atoms with Crippen molar-refractivity contribution in [1.82, 2.24) is 0 Å². The van der Waals surface area contributed by atoms with Gasteiger partial charge in [-0.15, -0.1) is 0 Å². The largest absolute Gasteiger partial charge is 0.393 e. The Bertz CT molecular complexity index is 1920. The summed E-state index contributed by atoms with van der Waals surface area (Å²) >= 11 is 0. The van der Waals surface area contributed by atoms with Crippen molar-refractivity contribution in [1.29, 1.82) is 0 Å². The quantitative estimate of drug-likeness (QED) is 0.208. The molecule has 6 unspecified atom stereocenters. The van der Waals surface area contributed by atoms with Crippen LogP contribution in [0.5, 0.6) is 0 Å². The number of ketones is 9. The lowest BCUT2D eigenvalue weighted by Gasteiger charge is -2.38. The van der Waals surface area contributed by atoms with E-state index in [0.717, 1.165) is 0 Å². The summed E-state index contributed by atoms with van der Waals surface area (Å²) in [5, 5.41) is 28.4. The minimum atomic E-state index is -0.476.